The summed E-state index contributed by atoms with van der Waals surface area (Å²) >= 11 is 0. The van der Waals surface area contributed by atoms with Gasteiger partial charge in [-0.1, -0.05) is 54.6 Å². The monoisotopic (exact) mass is 607 g/mol. The molecule has 2 N–H and O–H groups in total. The molecule has 8 heteroatoms. The number of hydrogen-bond donors (Lipinski definition) is 2. The Bertz CT molecular complexity index is 1840. The van der Waals surface area contributed by atoms with E-state index in [0.29, 0.717) is 32.7 Å². The third-order valence-corrected chi connectivity index (χ3v) is 9.13. The van der Waals surface area contributed by atoms with Crippen LogP contribution in [0.25, 0.3) is 21.9 Å². The Hall–Kier alpha value is -4.56. The Balaban J connectivity index is 1.32. The summed E-state index contributed by atoms with van der Waals surface area (Å²) in [7, 11) is 0. The SMILES string of the molecule is Cc1nc2c(c(C)c1CCC(=O)O)c1cc(F)ccc1n2Cc1ccc(C(C(=O)NCc2ccccc2)C2CCOCC2)cc1. The molecule has 1 aliphatic rings. The number of fused-ring (bicyclic) bond motifs is 3. The van der Waals surface area contributed by atoms with Gasteiger partial charge in [0, 0.05) is 49.2 Å². The molecule has 1 saturated heterocycles. The zero-order valence-corrected chi connectivity index (χ0v) is 25.7. The molecular formula is C37H38FN3O4. The van der Waals surface area contributed by atoms with Crippen LogP contribution in [-0.4, -0.2) is 39.7 Å². The van der Waals surface area contributed by atoms with Crippen LogP contribution in [0.1, 0.15) is 58.7 Å². The summed E-state index contributed by atoms with van der Waals surface area (Å²) in [6.07, 6.45) is 2.05. The first-order valence-electron chi connectivity index (χ1n) is 15.6. The predicted octanol–water partition coefficient (Wildman–Crippen LogP) is 6.84. The maximum Gasteiger partial charge on any atom is 0.303 e. The first-order chi connectivity index (χ1) is 21.8. The predicted molar refractivity (Wildman–Crippen MR) is 173 cm³/mol. The molecule has 1 aliphatic heterocycles. The molecule has 2 aromatic heterocycles. The highest BCUT2D eigenvalue weighted by Crippen LogP contribution is 2.36. The number of nitrogens with one attached hydrogen (secondary N) is 1. The van der Waals surface area contributed by atoms with Crippen LogP contribution in [-0.2, 0) is 33.8 Å². The molecule has 7 nitrogen and oxygen atoms in total. The van der Waals surface area contributed by atoms with Crippen LogP contribution >= 0.6 is 0 Å². The lowest BCUT2D eigenvalue weighted by Gasteiger charge is -2.30. The quantitative estimate of drug-likeness (QED) is 0.181. The van der Waals surface area contributed by atoms with E-state index in [9.17, 15) is 19.1 Å². The molecule has 3 heterocycles. The number of aryl methyl sites for hydroxylation is 2. The number of hydrogen-bond acceptors (Lipinski definition) is 4. The molecule has 0 aliphatic carbocycles. The van der Waals surface area contributed by atoms with Gasteiger partial charge in [0.25, 0.3) is 0 Å². The summed E-state index contributed by atoms with van der Waals surface area (Å²) in [5.41, 5.74) is 7.28. The number of pyridine rings is 1. The van der Waals surface area contributed by atoms with Gasteiger partial charge in [-0.15, -0.1) is 0 Å². The molecule has 0 bridgehead atoms. The average Bonchev–Trinajstić information content (AvgIpc) is 3.33. The van der Waals surface area contributed by atoms with Gasteiger partial charge in [-0.05, 0) is 85.0 Å². The van der Waals surface area contributed by atoms with Crippen molar-refractivity contribution in [2.45, 2.75) is 58.5 Å². The highest BCUT2D eigenvalue weighted by molar-refractivity contribution is 6.09. The van der Waals surface area contributed by atoms with Crippen molar-refractivity contribution < 1.29 is 23.8 Å². The number of carboxylic acids is 1. The van der Waals surface area contributed by atoms with Gasteiger partial charge < -0.3 is 19.7 Å². The smallest absolute Gasteiger partial charge is 0.303 e. The second kappa shape index (κ2) is 13.2. The zero-order valence-electron chi connectivity index (χ0n) is 25.7. The van der Waals surface area contributed by atoms with Crippen molar-refractivity contribution in [1.82, 2.24) is 14.9 Å². The van der Waals surface area contributed by atoms with Crippen molar-refractivity contribution in [2.75, 3.05) is 13.2 Å². The average molecular weight is 608 g/mol. The van der Waals surface area contributed by atoms with Crippen LogP contribution in [0.4, 0.5) is 4.39 Å². The number of rotatable bonds is 10. The van der Waals surface area contributed by atoms with Crippen molar-refractivity contribution in [3.05, 3.63) is 112 Å². The van der Waals surface area contributed by atoms with Gasteiger partial charge in [0.05, 0.1) is 11.4 Å². The van der Waals surface area contributed by atoms with Crippen molar-refractivity contribution >= 4 is 33.8 Å². The molecule has 0 spiro atoms. The summed E-state index contributed by atoms with van der Waals surface area (Å²) in [5, 5.41) is 14.1. The molecule has 0 saturated carbocycles. The van der Waals surface area contributed by atoms with E-state index in [0.717, 1.165) is 68.3 Å². The first kappa shape index (κ1) is 30.5. The number of halogens is 1. The molecule has 232 valence electrons. The molecule has 0 radical (unpaired) electrons. The summed E-state index contributed by atoms with van der Waals surface area (Å²) in [5.74, 6) is -1.25. The van der Waals surface area contributed by atoms with Crippen molar-refractivity contribution in [2.24, 2.45) is 5.92 Å². The molecule has 1 unspecified atom stereocenters. The van der Waals surface area contributed by atoms with Crippen LogP contribution in [0.2, 0.25) is 0 Å². The summed E-state index contributed by atoms with van der Waals surface area (Å²) < 4.78 is 22.2. The summed E-state index contributed by atoms with van der Waals surface area (Å²) in [6, 6.07) is 22.9. The molecule has 1 fully saturated rings. The Labute approximate surface area is 262 Å². The lowest BCUT2D eigenvalue weighted by Crippen LogP contribution is -2.35. The van der Waals surface area contributed by atoms with Gasteiger partial charge in [0.15, 0.2) is 0 Å². The zero-order chi connectivity index (χ0) is 31.5. The first-order valence-corrected chi connectivity index (χ1v) is 15.6. The lowest BCUT2D eigenvalue weighted by molar-refractivity contribution is -0.137. The molecule has 3 aromatic carbocycles. The van der Waals surface area contributed by atoms with Gasteiger partial charge in [0.1, 0.15) is 11.5 Å². The number of carboxylic acid groups (broad SMARTS) is 1. The Kier molecular flexibility index (Phi) is 8.94. The van der Waals surface area contributed by atoms with E-state index in [-0.39, 0.29) is 30.0 Å². The molecule has 1 atom stereocenters. The van der Waals surface area contributed by atoms with Crippen LogP contribution in [0.5, 0.6) is 0 Å². The van der Waals surface area contributed by atoms with E-state index in [1.165, 1.54) is 12.1 Å². The molecule has 6 rings (SSSR count). The molecular weight excluding hydrogens is 569 g/mol. The minimum atomic E-state index is -0.862. The van der Waals surface area contributed by atoms with Crippen molar-refractivity contribution in [3.63, 3.8) is 0 Å². The van der Waals surface area contributed by atoms with Gasteiger partial charge in [-0.25, -0.2) is 9.37 Å². The topological polar surface area (TPSA) is 93.5 Å². The fourth-order valence-electron chi connectivity index (χ4n) is 6.80. The minimum Gasteiger partial charge on any atom is -0.481 e. The third kappa shape index (κ3) is 6.47. The van der Waals surface area contributed by atoms with Crippen molar-refractivity contribution in [3.8, 4) is 0 Å². The Morgan fingerprint density at radius 2 is 1.76 bits per heavy atom. The normalized spacial score (nSPS) is 14.6. The Morgan fingerprint density at radius 3 is 2.47 bits per heavy atom. The maximum absolute atomic E-state index is 14.5. The van der Waals surface area contributed by atoms with E-state index in [1.807, 2.05) is 44.2 Å². The van der Waals surface area contributed by atoms with Gasteiger partial charge >= 0.3 is 5.97 Å². The van der Waals surface area contributed by atoms with E-state index in [2.05, 4.69) is 34.1 Å². The van der Waals surface area contributed by atoms with E-state index < -0.39 is 5.97 Å². The van der Waals surface area contributed by atoms with Gasteiger partial charge in [-0.2, -0.15) is 0 Å². The maximum atomic E-state index is 14.5. The largest absolute Gasteiger partial charge is 0.481 e. The van der Waals surface area contributed by atoms with Crippen LogP contribution in [0.15, 0.2) is 72.8 Å². The number of carbonyl (C=O) groups is 2. The number of aliphatic carboxylic acids is 1. The number of aromatic nitrogens is 2. The number of ether oxygens (including phenoxy) is 1. The standard InChI is InChI=1S/C37H38FN3O4/c1-23-30(13-15-33(42)43)24(2)40-36-34(23)31-20-29(38)12-14-32(31)41(36)22-26-8-10-27(11-9-26)35(28-16-18-45-19-17-28)37(44)39-21-25-6-4-3-5-7-25/h3-12,14,20,28,35H,13,15-19,21-22H2,1-2H3,(H,39,44)(H,42,43). The van der Waals surface area contributed by atoms with Crippen molar-refractivity contribution in [1.29, 1.82) is 0 Å². The van der Waals surface area contributed by atoms with Crippen LogP contribution in [0, 0.1) is 25.6 Å². The fourth-order valence-corrected chi connectivity index (χ4v) is 6.80. The van der Waals surface area contributed by atoms with Crippen LogP contribution in [0.3, 0.4) is 0 Å². The second-order valence-electron chi connectivity index (χ2n) is 12.0. The molecule has 5 aromatic rings. The second-order valence-corrected chi connectivity index (χ2v) is 12.0. The lowest BCUT2D eigenvalue weighted by atomic mass is 9.80. The highest BCUT2D eigenvalue weighted by Gasteiger charge is 2.31. The van der Waals surface area contributed by atoms with Crippen LogP contribution < -0.4 is 5.32 Å². The van der Waals surface area contributed by atoms with E-state index in [1.54, 1.807) is 6.07 Å². The third-order valence-electron chi connectivity index (χ3n) is 9.13. The Morgan fingerprint density at radius 1 is 1.02 bits per heavy atom. The number of carbonyl (C=O) groups excluding carboxylic acids is 1. The van der Waals surface area contributed by atoms with E-state index >= 15 is 0 Å². The molecule has 45 heavy (non-hydrogen) atoms. The van der Waals surface area contributed by atoms with Gasteiger partial charge in [0.2, 0.25) is 5.91 Å². The summed E-state index contributed by atoms with van der Waals surface area (Å²) in [4.78, 5) is 29.9. The van der Waals surface area contributed by atoms with Gasteiger partial charge in [-0.3, -0.25) is 9.59 Å². The fraction of sp³-hybridized carbons (Fsp3) is 0.324. The number of benzene rings is 3. The number of nitrogens with zero attached hydrogens (tertiary/aromatic N) is 2. The minimum absolute atomic E-state index is 0.00731. The highest BCUT2D eigenvalue weighted by atomic mass is 19.1. The number of amides is 1. The van der Waals surface area contributed by atoms with E-state index in [4.69, 9.17) is 9.72 Å². The summed E-state index contributed by atoms with van der Waals surface area (Å²) in [6.45, 7) is 6.17. The molecule has 1 amide bonds.